The molecular formula is C18H17N. The zero-order chi connectivity index (χ0) is 13.2. The van der Waals surface area contributed by atoms with Crippen LogP contribution < -0.4 is 0 Å². The molecule has 0 amide bonds. The third-order valence-electron chi connectivity index (χ3n) is 3.69. The standard InChI is InChI=1S/C18H17N/c1-13-14(2)18(16-11-7-4-8-12-16)19-17(13)15-9-5-3-6-10-15/h3-12,19H,1-2H3. The summed E-state index contributed by atoms with van der Waals surface area (Å²) in [7, 11) is 0. The Morgan fingerprint density at radius 1 is 0.579 bits per heavy atom. The molecule has 0 saturated carbocycles. The summed E-state index contributed by atoms with van der Waals surface area (Å²) in [5.41, 5.74) is 7.57. The Hall–Kier alpha value is -2.28. The van der Waals surface area contributed by atoms with Crippen LogP contribution >= 0.6 is 0 Å². The van der Waals surface area contributed by atoms with Gasteiger partial charge in [-0.3, -0.25) is 0 Å². The Bertz CT molecular complexity index is 618. The van der Waals surface area contributed by atoms with Crippen molar-refractivity contribution in [1.29, 1.82) is 0 Å². The third kappa shape index (κ3) is 2.08. The lowest BCUT2D eigenvalue weighted by Gasteiger charge is -2.00. The van der Waals surface area contributed by atoms with Gasteiger partial charge in [-0.25, -0.2) is 0 Å². The lowest BCUT2D eigenvalue weighted by atomic mass is 10.0. The van der Waals surface area contributed by atoms with Gasteiger partial charge in [0.1, 0.15) is 0 Å². The van der Waals surface area contributed by atoms with E-state index in [1.54, 1.807) is 0 Å². The van der Waals surface area contributed by atoms with E-state index in [9.17, 15) is 0 Å². The molecule has 0 spiro atoms. The molecule has 0 bridgehead atoms. The lowest BCUT2D eigenvalue weighted by molar-refractivity contribution is 1.37. The van der Waals surface area contributed by atoms with E-state index < -0.39 is 0 Å². The Morgan fingerprint density at radius 3 is 1.32 bits per heavy atom. The molecule has 1 N–H and O–H groups in total. The largest absolute Gasteiger partial charge is 0.354 e. The highest BCUT2D eigenvalue weighted by atomic mass is 14.7. The predicted molar refractivity (Wildman–Crippen MR) is 81.1 cm³/mol. The number of H-pyrrole nitrogens is 1. The van der Waals surface area contributed by atoms with Crippen molar-refractivity contribution in [2.45, 2.75) is 13.8 Å². The Morgan fingerprint density at radius 2 is 0.947 bits per heavy atom. The first-order chi connectivity index (χ1) is 9.27. The van der Waals surface area contributed by atoms with Crippen LogP contribution in [0.4, 0.5) is 0 Å². The molecule has 2 aromatic carbocycles. The fourth-order valence-electron chi connectivity index (χ4n) is 2.47. The first kappa shape index (κ1) is 11.8. The number of aromatic nitrogens is 1. The number of hydrogen-bond donors (Lipinski definition) is 1. The summed E-state index contributed by atoms with van der Waals surface area (Å²) in [6, 6.07) is 21.0. The first-order valence-corrected chi connectivity index (χ1v) is 6.57. The molecule has 0 atom stereocenters. The van der Waals surface area contributed by atoms with Crippen LogP contribution in [0.1, 0.15) is 11.1 Å². The highest BCUT2D eigenvalue weighted by Crippen LogP contribution is 2.32. The maximum atomic E-state index is 3.58. The van der Waals surface area contributed by atoms with Gasteiger partial charge in [0.05, 0.1) is 0 Å². The average molecular weight is 247 g/mol. The number of hydrogen-bond acceptors (Lipinski definition) is 0. The summed E-state index contributed by atoms with van der Waals surface area (Å²) in [4.78, 5) is 3.58. The minimum Gasteiger partial charge on any atom is -0.354 e. The molecule has 0 aliphatic heterocycles. The molecule has 1 heterocycles. The Balaban J connectivity index is 2.16. The zero-order valence-corrected chi connectivity index (χ0v) is 11.3. The van der Waals surface area contributed by atoms with Crippen molar-refractivity contribution in [2.24, 2.45) is 0 Å². The summed E-state index contributed by atoms with van der Waals surface area (Å²) in [5.74, 6) is 0. The molecule has 0 fully saturated rings. The van der Waals surface area contributed by atoms with Crippen molar-refractivity contribution in [1.82, 2.24) is 4.98 Å². The molecule has 94 valence electrons. The monoisotopic (exact) mass is 247 g/mol. The molecular weight excluding hydrogens is 230 g/mol. The van der Waals surface area contributed by atoms with E-state index in [4.69, 9.17) is 0 Å². The smallest absolute Gasteiger partial charge is 0.0491 e. The second-order valence-electron chi connectivity index (χ2n) is 4.86. The summed E-state index contributed by atoms with van der Waals surface area (Å²) < 4.78 is 0. The predicted octanol–water partition coefficient (Wildman–Crippen LogP) is 4.97. The average Bonchev–Trinajstić information content (AvgIpc) is 2.77. The van der Waals surface area contributed by atoms with Crippen LogP contribution in [-0.4, -0.2) is 4.98 Å². The van der Waals surface area contributed by atoms with Gasteiger partial charge in [0.25, 0.3) is 0 Å². The number of nitrogens with one attached hydrogen (secondary N) is 1. The minimum absolute atomic E-state index is 1.22. The fourth-order valence-corrected chi connectivity index (χ4v) is 2.47. The molecule has 0 aliphatic rings. The second-order valence-corrected chi connectivity index (χ2v) is 4.86. The van der Waals surface area contributed by atoms with Gasteiger partial charge in [0, 0.05) is 11.4 Å². The van der Waals surface area contributed by atoms with Crippen molar-refractivity contribution >= 4 is 0 Å². The van der Waals surface area contributed by atoms with E-state index in [2.05, 4.69) is 67.4 Å². The van der Waals surface area contributed by atoms with E-state index in [0.29, 0.717) is 0 Å². The molecule has 0 aliphatic carbocycles. The molecule has 1 aromatic heterocycles. The number of rotatable bonds is 2. The van der Waals surface area contributed by atoms with Crippen LogP contribution in [0.25, 0.3) is 22.5 Å². The topological polar surface area (TPSA) is 15.8 Å². The summed E-state index contributed by atoms with van der Waals surface area (Å²) >= 11 is 0. The van der Waals surface area contributed by atoms with Gasteiger partial charge in [-0.15, -0.1) is 0 Å². The van der Waals surface area contributed by atoms with E-state index in [-0.39, 0.29) is 0 Å². The number of benzene rings is 2. The van der Waals surface area contributed by atoms with Crippen LogP contribution in [-0.2, 0) is 0 Å². The molecule has 1 nitrogen and oxygen atoms in total. The maximum Gasteiger partial charge on any atom is 0.0491 e. The molecule has 1 heteroatoms. The van der Waals surface area contributed by atoms with Gasteiger partial charge in [0.15, 0.2) is 0 Å². The molecule has 0 saturated heterocycles. The minimum atomic E-state index is 1.22. The highest BCUT2D eigenvalue weighted by Gasteiger charge is 2.12. The van der Waals surface area contributed by atoms with Crippen molar-refractivity contribution < 1.29 is 0 Å². The van der Waals surface area contributed by atoms with Crippen molar-refractivity contribution in [2.75, 3.05) is 0 Å². The van der Waals surface area contributed by atoms with Crippen molar-refractivity contribution in [3.8, 4) is 22.5 Å². The first-order valence-electron chi connectivity index (χ1n) is 6.57. The van der Waals surface area contributed by atoms with Gasteiger partial charge in [-0.05, 0) is 36.1 Å². The maximum absolute atomic E-state index is 3.58. The summed E-state index contributed by atoms with van der Waals surface area (Å²) in [6.07, 6.45) is 0. The highest BCUT2D eigenvalue weighted by molar-refractivity contribution is 5.75. The van der Waals surface area contributed by atoms with Crippen LogP contribution in [0.5, 0.6) is 0 Å². The SMILES string of the molecule is Cc1c(-c2ccccc2)[nH]c(-c2ccccc2)c1C. The van der Waals surface area contributed by atoms with Gasteiger partial charge < -0.3 is 4.98 Å². The quantitative estimate of drug-likeness (QED) is 0.658. The molecule has 0 radical (unpaired) electrons. The molecule has 0 unspecified atom stereocenters. The van der Waals surface area contributed by atoms with Crippen LogP contribution in [0, 0.1) is 13.8 Å². The van der Waals surface area contributed by atoms with Crippen LogP contribution in [0.15, 0.2) is 60.7 Å². The van der Waals surface area contributed by atoms with E-state index in [0.717, 1.165) is 0 Å². The third-order valence-corrected chi connectivity index (χ3v) is 3.69. The van der Waals surface area contributed by atoms with Gasteiger partial charge in [-0.2, -0.15) is 0 Å². The van der Waals surface area contributed by atoms with E-state index >= 15 is 0 Å². The Labute approximate surface area is 113 Å². The molecule has 3 aromatic rings. The van der Waals surface area contributed by atoms with Crippen LogP contribution in [0.3, 0.4) is 0 Å². The van der Waals surface area contributed by atoms with Crippen molar-refractivity contribution in [3.63, 3.8) is 0 Å². The van der Waals surface area contributed by atoms with E-state index in [1.165, 1.54) is 33.6 Å². The zero-order valence-electron chi connectivity index (χ0n) is 11.3. The van der Waals surface area contributed by atoms with Gasteiger partial charge in [-0.1, -0.05) is 60.7 Å². The van der Waals surface area contributed by atoms with Gasteiger partial charge in [0.2, 0.25) is 0 Å². The van der Waals surface area contributed by atoms with Crippen molar-refractivity contribution in [3.05, 3.63) is 71.8 Å². The fraction of sp³-hybridized carbons (Fsp3) is 0.111. The lowest BCUT2D eigenvalue weighted by Crippen LogP contribution is -1.80. The summed E-state index contributed by atoms with van der Waals surface area (Å²) in [6.45, 7) is 4.36. The number of aromatic amines is 1. The second kappa shape index (κ2) is 4.77. The summed E-state index contributed by atoms with van der Waals surface area (Å²) in [5, 5.41) is 0. The van der Waals surface area contributed by atoms with E-state index in [1.807, 2.05) is 12.1 Å². The van der Waals surface area contributed by atoms with Gasteiger partial charge >= 0.3 is 0 Å². The normalized spacial score (nSPS) is 10.6. The van der Waals surface area contributed by atoms with Crippen LogP contribution in [0.2, 0.25) is 0 Å². The molecule has 3 rings (SSSR count). The molecule has 19 heavy (non-hydrogen) atoms. The Kier molecular flexibility index (Phi) is 2.96.